The van der Waals surface area contributed by atoms with E-state index in [1.165, 1.54) is 19.3 Å². The van der Waals surface area contributed by atoms with Crippen LogP contribution in [-0.2, 0) is 4.79 Å². The first-order valence-corrected chi connectivity index (χ1v) is 5.16. The smallest absolute Gasteiger partial charge is 0.158 e. The second kappa shape index (κ2) is 5.74. The molecular formula is C12H18O. The van der Waals surface area contributed by atoms with E-state index in [0.29, 0.717) is 11.7 Å². The van der Waals surface area contributed by atoms with Crippen molar-refractivity contribution in [3.05, 3.63) is 24.8 Å². The van der Waals surface area contributed by atoms with Crippen molar-refractivity contribution < 1.29 is 4.79 Å². The Morgan fingerprint density at radius 1 is 1.31 bits per heavy atom. The Morgan fingerprint density at radius 2 is 2.00 bits per heavy atom. The lowest BCUT2D eigenvalue weighted by Gasteiger charge is -2.18. The highest BCUT2D eigenvalue weighted by Gasteiger charge is 2.18. The zero-order chi connectivity index (χ0) is 9.52. The molecule has 0 spiro atoms. The molecule has 0 N–H and O–H groups in total. The number of carbonyl (C=O) groups excluding carboxylic acids is 1. The van der Waals surface area contributed by atoms with Crippen molar-refractivity contribution in [3.8, 4) is 0 Å². The summed E-state index contributed by atoms with van der Waals surface area (Å²) in [4.78, 5) is 11.6. The van der Waals surface area contributed by atoms with Crippen molar-refractivity contribution in [1.29, 1.82) is 0 Å². The van der Waals surface area contributed by atoms with Gasteiger partial charge in [-0.1, -0.05) is 31.4 Å². The van der Waals surface area contributed by atoms with Crippen molar-refractivity contribution in [1.82, 2.24) is 0 Å². The summed E-state index contributed by atoms with van der Waals surface area (Å²) in [5.41, 5.74) is 0. The summed E-state index contributed by atoms with van der Waals surface area (Å²) >= 11 is 0. The van der Waals surface area contributed by atoms with Crippen LogP contribution in [0.2, 0.25) is 0 Å². The van der Waals surface area contributed by atoms with Gasteiger partial charge in [0.05, 0.1) is 0 Å². The fourth-order valence-corrected chi connectivity index (χ4v) is 1.80. The first kappa shape index (κ1) is 10.2. The van der Waals surface area contributed by atoms with E-state index in [0.717, 1.165) is 19.3 Å². The Bertz CT molecular complexity index is 197. The van der Waals surface area contributed by atoms with Crippen LogP contribution in [-0.4, -0.2) is 5.78 Å². The fraction of sp³-hybridized carbons (Fsp3) is 0.583. The lowest BCUT2D eigenvalue weighted by Crippen LogP contribution is -2.15. The topological polar surface area (TPSA) is 17.1 Å². The number of rotatable bonds is 4. The van der Waals surface area contributed by atoms with Gasteiger partial charge in [0.15, 0.2) is 5.78 Å². The lowest BCUT2D eigenvalue weighted by atomic mass is 9.86. The molecule has 1 nitrogen and oxygen atoms in total. The van der Waals surface area contributed by atoms with Crippen molar-refractivity contribution >= 4 is 5.78 Å². The van der Waals surface area contributed by atoms with Crippen LogP contribution in [0.25, 0.3) is 0 Å². The number of allylic oxidation sites excluding steroid dienone is 3. The second-order valence-corrected chi connectivity index (χ2v) is 3.66. The molecule has 0 heterocycles. The van der Waals surface area contributed by atoms with Gasteiger partial charge in [-0.2, -0.15) is 0 Å². The standard InChI is InChI=1S/C12H18O/c1-2-3-5-10-12(13)11-8-6-4-7-9-11/h2,5,10-11H,1,3-4,6-9H2. The molecule has 1 aliphatic rings. The average Bonchev–Trinajstić information content (AvgIpc) is 2.19. The highest BCUT2D eigenvalue weighted by molar-refractivity contribution is 5.91. The third-order valence-electron chi connectivity index (χ3n) is 2.59. The van der Waals surface area contributed by atoms with Gasteiger partial charge in [0.25, 0.3) is 0 Å². The molecule has 1 aliphatic carbocycles. The van der Waals surface area contributed by atoms with E-state index in [9.17, 15) is 4.79 Å². The van der Waals surface area contributed by atoms with Gasteiger partial charge in [-0.15, -0.1) is 6.58 Å². The molecule has 1 heteroatoms. The Balaban J connectivity index is 2.32. The van der Waals surface area contributed by atoms with Crippen molar-refractivity contribution in [3.63, 3.8) is 0 Å². The number of carbonyl (C=O) groups is 1. The van der Waals surface area contributed by atoms with Gasteiger partial charge < -0.3 is 0 Å². The molecule has 1 fully saturated rings. The van der Waals surface area contributed by atoms with E-state index in [1.54, 1.807) is 6.08 Å². The third kappa shape index (κ3) is 3.58. The van der Waals surface area contributed by atoms with Crippen LogP contribution in [0, 0.1) is 5.92 Å². The highest BCUT2D eigenvalue weighted by Crippen LogP contribution is 2.24. The van der Waals surface area contributed by atoms with E-state index in [-0.39, 0.29) is 0 Å². The van der Waals surface area contributed by atoms with E-state index >= 15 is 0 Å². The summed E-state index contributed by atoms with van der Waals surface area (Å²) in [5, 5.41) is 0. The summed E-state index contributed by atoms with van der Waals surface area (Å²) in [6.07, 6.45) is 12.2. The zero-order valence-corrected chi connectivity index (χ0v) is 8.17. The molecule has 0 amide bonds. The van der Waals surface area contributed by atoms with Gasteiger partial charge in [0, 0.05) is 5.92 Å². The van der Waals surface area contributed by atoms with Crippen molar-refractivity contribution in [2.45, 2.75) is 38.5 Å². The van der Waals surface area contributed by atoms with E-state index in [1.807, 2.05) is 12.2 Å². The minimum atomic E-state index is 0.315. The molecule has 1 saturated carbocycles. The van der Waals surface area contributed by atoms with Gasteiger partial charge in [0.2, 0.25) is 0 Å². The molecule has 0 unspecified atom stereocenters. The van der Waals surface area contributed by atoms with Gasteiger partial charge in [0.1, 0.15) is 0 Å². The maximum atomic E-state index is 11.6. The monoisotopic (exact) mass is 178 g/mol. The molecule has 0 aromatic rings. The normalized spacial score (nSPS) is 19.1. The quantitative estimate of drug-likeness (QED) is 0.477. The van der Waals surface area contributed by atoms with Crippen LogP contribution in [0.5, 0.6) is 0 Å². The Morgan fingerprint density at radius 3 is 2.62 bits per heavy atom. The van der Waals surface area contributed by atoms with Crippen molar-refractivity contribution in [2.24, 2.45) is 5.92 Å². The lowest BCUT2D eigenvalue weighted by molar-refractivity contribution is -0.119. The first-order valence-electron chi connectivity index (χ1n) is 5.16. The van der Waals surface area contributed by atoms with E-state index in [2.05, 4.69) is 6.58 Å². The van der Waals surface area contributed by atoms with Crippen LogP contribution < -0.4 is 0 Å². The first-order chi connectivity index (χ1) is 6.34. The van der Waals surface area contributed by atoms with E-state index in [4.69, 9.17) is 0 Å². The van der Waals surface area contributed by atoms with E-state index < -0.39 is 0 Å². The molecule has 1 rings (SSSR count). The maximum Gasteiger partial charge on any atom is 0.158 e. The van der Waals surface area contributed by atoms with Gasteiger partial charge in [-0.25, -0.2) is 0 Å². The molecule has 0 bridgehead atoms. The minimum absolute atomic E-state index is 0.315. The van der Waals surface area contributed by atoms with Crippen LogP contribution in [0.15, 0.2) is 24.8 Å². The molecule has 72 valence electrons. The average molecular weight is 178 g/mol. The summed E-state index contributed by atoms with van der Waals surface area (Å²) in [6, 6.07) is 0. The zero-order valence-electron chi connectivity index (χ0n) is 8.17. The van der Waals surface area contributed by atoms with Gasteiger partial charge in [-0.3, -0.25) is 4.79 Å². The molecule has 0 aromatic heterocycles. The van der Waals surface area contributed by atoms with Crippen LogP contribution in [0.1, 0.15) is 38.5 Å². The Hall–Kier alpha value is -0.850. The molecule has 0 atom stereocenters. The summed E-state index contributed by atoms with van der Waals surface area (Å²) in [7, 11) is 0. The third-order valence-corrected chi connectivity index (χ3v) is 2.59. The SMILES string of the molecule is C=CCC=CC(=O)C1CCCCC1. The van der Waals surface area contributed by atoms with Crippen LogP contribution in [0.3, 0.4) is 0 Å². The number of hydrogen-bond donors (Lipinski definition) is 0. The number of ketones is 1. The molecule has 0 aromatic carbocycles. The maximum absolute atomic E-state index is 11.6. The molecule has 0 aliphatic heterocycles. The molecule has 0 radical (unpaired) electrons. The van der Waals surface area contributed by atoms with Crippen LogP contribution in [0.4, 0.5) is 0 Å². The van der Waals surface area contributed by atoms with Crippen molar-refractivity contribution in [2.75, 3.05) is 0 Å². The summed E-state index contributed by atoms with van der Waals surface area (Å²) < 4.78 is 0. The Labute approximate surface area is 80.5 Å². The number of hydrogen-bond acceptors (Lipinski definition) is 1. The molecular weight excluding hydrogens is 160 g/mol. The van der Waals surface area contributed by atoms with Gasteiger partial charge >= 0.3 is 0 Å². The predicted octanol–water partition coefficient (Wildman–Crippen LogP) is 3.27. The fourth-order valence-electron chi connectivity index (χ4n) is 1.80. The Kier molecular flexibility index (Phi) is 4.52. The van der Waals surface area contributed by atoms with Gasteiger partial charge in [-0.05, 0) is 25.3 Å². The predicted molar refractivity (Wildman–Crippen MR) is 55.5 cm³/mol. The largest absolute Gasteiger partial charge is 0.295 e. The molecule has 0 saturated heterocycles. The highest BCUT2D eigenvalue weighted by atomic mass is 16.1. The summed E-state index contributed by atoms with van der Waals surface area (Å²) in [6.45, 7) is 3.61. The minimum Gasteiger partial charge on any atom is -0.295 e. The second-order valence-electron chi connectivity index (χ2n) is 3.66. The molecule has 13 heavy (non-hydrogen) atoms. The summed E-state index contributed by atoms with van der Waals surface area (Å²) in [5.74, 6) is 0.636. The van der Waals surface area contributed by atoms with Crippen LogP contribution >= 0.6 is 0 Å².